The van der Waals surface area contributed by atoms with Gasteiger partial charge >= 0.3 is 0 Å². The lowest BCUT2D eigenvalue weighted by molar-refractivity contribution is -0.870. The van der Waals surface area contributed by atoms with Crippen LogP contribution in [0.15, 0.2) is 24.3 Å². The molecule has 0 heterocycles. The van der Waals surface area contributed by atoms with Crippen molar-refractivity contribution in [3.63, 3.8) is 0 Å². The van der Waals surface area contributed by atoms with E-state index >= 15 is 0 Å². The molecule has 0 aromatic heterocycles. The first kappa shape index (κ1) is 16.2. The number of ether oxygens (including phenoxy) is 1. The summed E-state index contributed by atoms with van der Waals surface area (Å²) in [6.45, 7) is 2.47. The van der Waals surface area contributed by atoms with E-state index in [2.05, 4.69) is 21.1 Å². The lowest BCUT2D eigenvalue weighted by atomic mass is 10.2. The molecule has 1 aromatic rings. The van der Waals surface area contributed by atoms with Crippen LogP contribution in [0.4, 0.5) is 0 Å². The topological polar surface area (TPSA) is 9.23 Å². The third-order valence-corrected chi connectivity index (χ3v) is 2.34. The molecule has 0 aliphatic heterocycles. The van der Waals surface area contributed by atoms with Gasteiger partial charge in [-0.1, -0.05) is 23.7 Å². The van der Waals surface area contributed by atoms with Gasteiger partial charge in [-0.05, 0) is 17.7 Å². The van der Waals surface area contributed by atoms with Crippen molar-refractivity contribution in [1.29, 1.82) is 0 Å². The molecule has 4 heteroatoms. The first-order valence-electron chi connectivity index (χ1n) is 5.10. The van der Waals surface area contributed by atoms with Crippen LogP contribution < -0.4 is 24.0 Å². The minimum atomic E-state index is 0. The van der Waals surface area contributed by atoms with Gasteiger partial charge in [-0.3, -0.25) is 0 Å². The van der Waals surface area contributed by atoms with Crippen molar-refractivity contribution in [2.24, 2.45) is 0 Å². The summed E-state index contributed by atoms with van der Waals surface area (Å²) in [7, 11) is 6.48. The molecule has 0 radical (unpaired) electrons. The Labute approximate surface area is 120 Å². The van der Waals surface area contributed by atoms with Gasteiger partial charge < -0.3 is 33.2 Å². The van der Waals surface area contributed by atoms with Crippen molar-refractivity contribution in [1.82, 2.24) is 0 Å². The molecule has 0 atom stereocenters. The maximum Gasteiger partial charge on any atom is 0.102 e. The van der Waals surface area contributed by atoms with E-state index in [4.69, 9.17) is 16.3 Å². The van der Waals surface area contributed by atoms with Gasteiger partial charge in [0.15, 0.2) is 0 Å². The van der Waals surface area contributed by atoms with Crippen LogP contribution in [-0.2, 0) is 11.3 Å². The highest BCUT2D eigenvalue weighted by atomic mass is 127. The Balaban J connectivity index is 0.00000225. The predicted octanol–water partition coefficient (Wildman–Crippen LogP) is -0.433. The highest BCUT2D eigenvalue weighted by Crippen LogP contribution is 2.10. The minimum Gasteiger partial charge on any atom is -1.00 e. The first-order chi connectivity index (χ1) is 6.97. The summed E-state index contributed by atoms with van der Waals surface area (Å²) in [5, 5.41) is 0.769. The zero-order chi connectivity index (χ0) is 11.3. The van der Waals surface area contributed by atoms with E-state index in [0.29, 0.717) is 6.61 Å². The molecule has 0 unspecified atom stereocenters. The van der Waals surface area contributed by atoms with Gasteiger partial charge in [0.2, 0.25) is 0 Å². The molecule has 0 saturated heterocycles. The van der Waals surface area contributed by atoms with E-state index in [1.54, 1.807) is 0 Å². The quantitative estimate of drug-likeness (QED) is 0.396. The highest BCUT2D eigenvalue weighted by Gasteiger charge is 2.05. The molecular weight excluding hydrogens is 336 g/mol. The smallest absolute Gasteiger partial charge is 0.102 e. The van der Waals surface area contributed by atoms with Crippen molar-refractivity contribution in [3.8, 4) is 0 Å². The fraction of sp³-hybridized carbons (Fsp3) is 0.500. The number of halogens is 2. The Bertz CT molecular complexity index is 295. The van der Waals surface area contributed by atoms with Crippen molar-refractivity contribution in [3.05, 3.63) is 34.9 Å². The number of nitrogens with zero attached hydrogens (tertiary/aromatic N) is 1. The molecule has 0 spiro atoms. The average Bonchev–Trinajstić information content (AvgIpc) is 2.14. The summed E-state index contributed by atoms with van der Waals surface area (Å²) in [4.78, 5) is 0. The Morgan fingerprint density at radius 3 is 2.19 bits per heavy atom. The van der Waals surface area contributed by atoms with E-state index in [9.17, 15) is 0 Å². The maximum absolute atomic E-state index is 5.79. The standard InChI is InChI=1S/C12H19ClNO.HI/c1-14(2,3)8-9-15-10-11-4-6-12(13)7-5-11;/h4-7H,8-10H2,1-3H3;1H/q+1;/p-1. The zero-order valence-corrected chi connectivity index (χ0v) is 13.0. The molecule has 0 bridgehead atoms. The van der Waals surface area contributed by atoms with Crippen LogP contribution in [0, 0.1) is 0 Å². The summed E-state index contributed by atoms with van der Waals surface area (Å²) >= 11 is 5.79. The fourth-order valence-corrected chi connectivity index (χ4v) is 1.24. The zero-order valence-electron chi connectivity index (χ0n) is 10.0. The van der Waals surface area contributed by atoms with Crippen LogP contribution in [0.2, 0.25) is 5.02 Å². The molecule has 92 valence electrons. The molecule has 0 aliphatic carbocycles. The minimum absolute atomic E-state index is 0. The van der Waals surface area contributed by atoms with Crippen LogP contribution in [-0.4, -0.2) is 38.8 Å². The predicted molar refractivity (Wildman–Crippen MR) is 64.0 cm³/mol. The third-order valence-electron chi connectivity index (χ3n) is 2.09. The van der Waals surface area contributed by atoms with Gasteiger partial charge in [0.1, 0.15) is 6.54 Å². The summed E-state index contributed by atoms with van der Waals surface area (Å²) < 4.78 is 6.51. The van der Waals surface area contributed by atoms with Crippen molar-refractivity contribution in [2.45, 2.75) is 6.61 Å². The second-order valence-electron chi connectivity index (χ2n) is 4.69. The second kappa shape index (κ2) is 7.48. The third kappa shape index (κ3) is 7.44. The SMILES string of the molecule is C[N+](C)(C)CCOCc1ccc(Cl)cc1.[I-]. The molecule has 16 heavy (non-hydrogen) atoms. The van der Waals surface area contributed by atoms with Crippen LogP contribution in [0.25, 0.3) is 0 Å². The summed E-state index contributed by atoms with van der Waals surface area (Å²) in [6.07, 6.45) is 0. The van der Waals surface area contributed by atoms with Crippen LogP contribution in [0.1, 0.15) is 5.56 Å². The summed E-state index contributed by atoms with van der Waals surface area (Å²) in [5.74, 6) is 0. The molecule has 1 aromatic carbocycles. The molecule has 2 nitrogen and oxygen atoms in total. The number of hydrogen-bond donors (Lipinski definition) is 0. The molecular formula is C12H19ClINO. The van der Waals surface area contributed by atoms with Gasteiger partial charge in [0.25, 0.3) is 0 Å². The first-order valence-corrected chi connectivity index (χ1v) is 5.48. The molecule has 0 fully saturated rings. The van der Waals surface area contributed by atoms with Crippen LogP contribution in [0.3, 0.4) is 0 Å². The van der Waals surface area contributed by atoms with Gasteiger partial charge in [-0.15, -0.1) is 0 Å². The Hall–Kier alpha value is 0.160. The van der Waals surface area contributed by atoms with Crippen molar-refractivity contribution >= 4 is 11.6 Å². The number of rotatable bonds is 5. The summed E-state index contributed by atoms with van der Waals surface area (Å²) in [6, 6.07) is 7.77. The van der Waals surface area contributed by atoms with Gasteiger partial charge in [0, 0.05) is 5.02 Å². The second-order valence-corrected chi connectivity index (χ2v) is 5.13. The number of benzene rings is 1. The lowest BCUT2D eigenvalue weighted by Crippen LogP contribution is -3.00. The van der Waals surface area contributed by atoms with Gasteiger partial charge in [-0.25, -0.2) is 0 Å². The number of quaternary nitrogens is 1. The number of hydrogen-bond acceptors (Lipinski definition) is 1. The molecule has 0 aliphatic rings. The fourth-order valence-electron chi connectivity index (χ4n) is 1.11. The van der Waals surface area contributed by atoms with Crippen molar-refractivity contribution < 1.29 is 33.2 Å². The summed E-state index contributed by atoms with van der Waals surface area (Å²) in [5.41, 5.74) is 1.17. The highest BCUT2D eigenvalue weighted by molar-refractivity contribution is 6.30. The molecule has 0 saturated carbocycles. The Morgan fingerprint density at radius 1 is 1.12 bits per heavy atom. The van der Waals surface area contributed by atoms with Crippen LogP contribution >= 0.6 is 11.6 Å². The lowest BCUT2D eigenvalue weighted by Gasteiger charge is -2.23. The maximum atomic E-state index is 5.79. The normalized spacial score (nSPS) is 11.0. The van der Waals surface area contributed by atoms with Crippen LogP contribution in [0.5, 0.6) is 0 Å². The largest absolute Gasteiger partial charge is 1.00 e. The van der Waals surface area contributed by atoms with E-state index in [0.717, 1.165) is 22.7 Å². The van der Waals surface area contributed by atoms with Gasteiger partial charge in [0.05, 0.1) is 34.4 Å². The van der Waals surface area contributed by atoms with Crippen molar-refractivity contribution in [2.75, 3.05) is 34.3 Å². The van der Waals surface area contributed by atoms with E-state index in [1.807, 2.05) is 24.3 Å². The average molecular weight is 356 g/mol. The molecule has 0 amide bonds. The van der Waals surface area contributed by atoms with E-state index in [-0.39, 0.29) is 24.0 Å². The Morgan fingerprint density at radius 2 is 1.69 bits per heavy atom. The van der Waals surface area contributed by atoms with E-state index in [1.165, 1.54) is 5.56 Å². The Kier molecular flexibility index (Phi) is 7.55. The number of likely N-dealkylation sites (N-methyl/N-ethyl adjacent to an activating group) is 1. The monoisotopic (exact) mass is 355 g/mol. The molecule has 1 rings (SSSR count). The molecule has 0 N–H and O–H groups in total. The van der Waals surface area contributed by atoms with Gasteiger partial charge in [-0.2, -0.15) is 0 Å². The van der Waals surface area contributed by atoms with E-state index < -0.39 is 0 Å².